The fraction of sp³-hybridized carbons (Fsp3) is 0.208. The second kappa shape index (κ2) is 21.7. The molecule has 66 heavy (non-hydrogen) atoms. The normalized spacial score (nSPS) is 18.1. The van der Waals surface area contributed by atoms with Crippen molar-refractivity contribution in [1.82, 2.24) is 0 Å². The first-order valence-corrected chi connectivity index (χ1v) is 21.1. The van der Waals surface area contributed by atoms with Gasteiger partial charge in [0.15, 0.2) is 18.0 Å². The van der Waals surface area contributed by atoms with E-state index in [1.807, 2.05) is 0 Å². The van der Waals surface area contributed by atoms with Gasteiger partial charge in [-0.05, 0) is 85.1 Å². The zero-order valence-corrected chi connectivity index (χ0v) is 36.3. The molecule has 1 aliphatic heterocycles. The number of rotatable bonds is 16. The maximum absolute atomic E-state index is 14.2. The van der Waals surface area contributed by atoms with Crippen LogP contribution in [0.1, 0.15) is 89.3 Å². The van der Waals surface area contributed by atoms with E-state index in [1.165, 1.54) is 57.2 Å². The summed E-state index contributed by atoms with van der Waals surface area (Å²) in [7, 11) is 0. The number of ketones is 1. The Kier molecular flexibility index (Phi) is 15.1. The summed E-state index contributed by atoms with van der Waals surface area (Å²) in [5.41, 5.74) is 3.05. The molecule has 1 saturated heterocycles. The van der Waals surface area contributed by atoms with E-state index in [0.717, 1.165) is 5.56 Å². The van der Waals surface area contributed by atoms with E-state index in [1.54, 1.807) is 127 Å². The molecule has 336 valence electrons. The lowest BCUT2D eigenvalue weighted by Gasteiger charge is -2.45. The highest BCUT2D eigenvalue weighted by molar-refractivity contribution is 5.94. The minimum absolute atomic E-state index is 0.0977. The molecular formula is C53H46O13. The third-order valence-electron chi connectivity index (χ3n) is 10.6. The van der Waals surface area contributed by atoms with Crippen molar-refractivity contribution in [1.29, 1.82) is 0 Å². The molecule has 1 fully saturated rings. The van der Waals surface area contributed by atoms with Crippen LogP contribution < -0.4 is 4.74 Å². The smallest absolute Gasteiger partial charge is 0.338 e. The second-order valence-corrected chi connectivity index (χ2v) is 15.4. The SMILES string of the molecule is CC(=O)OCc1ccc(Cc2ccc(C(C)=O)cc2)c(O[C@@H]2O[C@H]([C@@H](C)OC(=O)c3ccccc3)[C@@H](OC(=O)c3ccccc3)[C@H](OC(=O)c3ccccc3)[C@H]2OC(=O)c2ccccc2)c1. The molecule has 13 heteroatoms. The summed E-state index contributed by atoms with van der Waals surface area (Å²) in [5, 5.41) is 0. The number of Topliss-reactive ketones (excluding diaryl/α,β-unsaturated/α-hetero) is 1. The average molecular weight is 891 g/mol. The van der Waals surface area contributed by atoms with Gasteiger partial charge in [0.2, 0.25) is 12.4 Å². The summed E-state index contributed by atoms with van der Waals surface area (Å²) in [4.78, 5) is 80.0. The van der Waals surface area contributed by atoms with Crippen LogP contribution in [0.4, 0.5) is 0 Å². The topological polar surface area (TPSA) is 167 Å². The van der Waals surface area contributed by atoms with Gasteiger partial charge in [-0.2, -0.15) is 0 Å². The Bertz CT molecular complexity index is 2640. The van der Waals surface area contributed by atoms with E-state index in [4.69, 9.17) is 33.2 Å². The molecule has 7 rings (SSSR count). The molecule has 6 aromatic rings. The minimum atomic E-state index is -1.67. The molecule has 0 unspecified atom stereocenters. The number of ether oxygens (including phenoxy) is 7. The quantitative estimate of drug-likeness (QED) is 0.0516. The van der Waals surface area contributed by atoms with Crippen molar-refractivity contribution >= 4 is 35.6 Å². The van der Waals surface area contributed by atoms with Gasteiger partial charge in [0.25, 0.3) is 0 Å². The van der Waals surface area contributed by atoms with Gasteiger partial charge in [-0.3, -0.25) is 9.59 Å². The highest BCUT2D eigenvalue weighted by Crippen LogP contribution is 2.36. The molecule has 0 radical (unpaired) electrons. The maximum atomic E-state index is 14.2. The monoisotopic (exact) mass is 890 g/mol. The van der Waals surface area contributed by atoms with Crippen LogP contribution in [0.15, 0.2) is 164 Å². The summed E-state index contributed by atoms with van der Waals surface area (Å²) in [5.74, 6) is -3.74. The van der Waals surface area contributed by atoms with E-state index in [-0.39, 0.29) is 46.8 Å². The first-order valence-electron chi connectivity index (χ1n) is 21.1. The predicted molar refractivity (Wildman–Crippen MR) is 239 cm³/mol. The molecule has 0 aromatic heterocycles. The van der Waals surface area contributed by atoms with E-state index in [2.05, 4.69) is 0 Å². The van der Waals surface area contributed by atoms with E-state index >= 15 is 0 Å². The zero-order chi connectivity index (χ0) is 46.6. The molecule has 6 aromatic carbocycles. The first kappa shape index (κ1) is 46.1. The van der Waals surface area contributed by atoms with Crippen molar-refractivity contribution in [2.24, 2.45) is 0 Å². The van der Waals surface area contributed by atoms with Gasteiger partial charge in [0, 0.05) is 18.9 Å². The maximum Gasteiger partial charge on any atom is 0.338 e. The third-order valence-corrected chi connectivity index (χ3v) is 10.6. The summed E-state index contributed by atoms with van der Waals surface area (Å²) >= 11 is 0. The van der Waals surface area contributed by atoms with Crippen LogP contribution in [-0.2, 0) is 46.2 Å². The van der Waals surface area contributed by atoms with Gasteiger partial charge >= 0.3 is 29.8 Å². The Morgan fingerprint density at radius 3 is 1.45 bits per heavy atom. The Balaban J connectivity index is 1.36. The Labute approximate surface area is 381 Å². The number of carbonyl (C=O) groups is 6. The number of carbonyl (C=O) groups excluding carboxylic acids is 6. The van der Waals surface area contributed by atoms with Gasteiger partial charge in [0.1, 0.15) is 24.6 Å². The fourth-order valence-electron chi connectivity index (χ4n) is 7.21. The lowest BCUT2D eigenvalue weighted by molar-refractivity contribution is -0.284. The predicted octanol–water partition coefficient (Wildman–Crippen LogP) is 8.57. The van der Waals surface area contributed by atoms with Crippen molar-refractivity contribution in [3.63, 3.8) is 0 Å². The van der Waals surface area contributed by atoms with Crippen molar-refractivity contribution in [2.75, 3.05) is 0 Å². The first-order chi connectivity index (χ1) is 31.9. The van der Waals surface area contributed by atoms with E-state index < -0.39 is 66.7 Å². The largest absolute Gasteiger partial charge is 0.461 e. The van der Waals surface area contributed by atoms with Gasteiger partial charge < -0.3 is 33.2 Å². The Morgan fingerprint density at radius 2 is 0.970 bits per heavy atom. The molecule has 0 N–H and O–H groups in total. The number of benzene rings is 6. The minimum Gasteiger partial charge on any atom is -0.461 e. The van der Waals surface area contributed by atoms with Crippen LogP contribution >= 0.6 is 0 Å². The van der Waals surface area contributed by atoms with Gasteiger partial charge in [0.05, 0.1) is 22.3 Å². The lowest BCUT2D eigenvalue weighted by atomic mass is 9.94. The summed E-state index contributed by atoms with van der Waals surface area (Å²) in [6, 6.07) is 44.5. The molecule has 0 spiro atoms. The third kappa shape index (κ3) is 11.8. The van der Waals surface area contributed by atoms with Gasteiger partial charge in [-0.15, -0.1) is 0 Å². The number of hydrogen-bond acceptors (Lipinski definition) is 13. The van der Waals surface area contributed by atoms with Crippen LogP contribution in [-0.4, -0.2) is 72.4 Å². The molecular weight excluding hydrogens is 845 g/mol. The highest BCUT2D eigenvalue weighted by atomic mass is 16.7. The molecule has 0 aliphatic carbocycles. The van der Waals surface area contributed by atoms with Crippen molar-refractivity contribution < 1.29 is 61.9 Å². The van der Waals surface area contributed by atoms with Crippen LogP contribution in [0.25, 0.3) is 0 Å². The lowest BCUT2D eigenvalue weighted by Crippen LogP contribution is -2.65. The molecule has 1 aliphatic rings. The average Bonchev–Trinajstić information content (AvgIpc) is 3.34. The van der Waals surface area contributed by atoms with Gasteiger partial charge in [-0.25, -0.2) is 19.2 Å². The molecule has 6 atom stereocenters. The molecule has 0 saturated carbocycles. The van der Waals surface area contributed by atoms with Crippen molar-refractivity contribution in [3.05, 3.63) is 208 Å². The Hall–Kier alpha value is -7.90. The summed E-state index contributed by atoms with van der Waals surface area (Å²) in [6.45, 7) is 4.15. The van der Waals surface area contributed by atoms with Crippen LogP contribution in [0, 0.1) is 0 Å². The zero-order valence-electron chi connectivity index (χ0n) is 36.3. The van der Waals surface area contributed by atoms with E-state index in [9.17, 15) is 28.8 Å². The summed E-state index contributed by atoms with van der Waals surface area (Å²) < 4.78 is 43.5. The molecule has 1 heterocycles. The number of esters is 5. The summed E-state index contributed by atoms with van der Waals surface area (Å²) in [6.07, 6.45) is -9.03. The van der Waals surface area contributed by atoms with Crippen LogP contribution in [0.3, 0.4) is 0 Å². The highest BCUT2D eigenvalue weighted by Gasteiger charge is 2.56. The van der Waals surface area contributed by atoms with Crippen LogP contribution in [0.5, 0.6) is 5.75 Å². The molecule has 0 amide bonds. The second-order valence-electron chi connectivity index (χ2n) is 15.4. The van der Waals surface area contributed by atoms with Gasteiger partial charge in [-0.1, -0.05) is 109 Å². The number of hydrogen-bond donors (Lipinski definition) is 0. The molecule has 13 nitrogen and oxygen atoms in total. The van der Waals surface area contributed by atoms with Crippen LogP contribution in [0.2, 0.25) is 0 Å². The Morgan fingerprint density at radius 1 is 0.515 bits per heavy atom. The fourth-order valence-corrected chi connectivity index (χ4v) is 7.21. The molecule has 0 bridgehead atoms. The van der Waals surface area contributed by atoms with E-state index in [0.29, 0.717) is 16.7 Å². The van der Waals surface area contributed by atoms with Crippen molar-refractivity contribution in [3.8, 4) is 5.75 Å². The standard InChI is InChI=1S/C53H46O13/c1-33(54)38-27-24-36(25-28-38)30-43-29-26-37(32-60-35(3)55)31-44(43)62-53-48(65-52(59)42-22-14-7-15-23-42)47(64-51(58)41-20-12-6-13-21-41)46(63-50(57)40-18-10-5-11-19-40)45(66-53)34(2)61-49(56)39-16-8-4-9-17-39/h4-29,31,34,45-48,53H,30,32H2,1-3H3/t34-,45-,46-,47+,48-,53-/m1/s1. The van der Waals surface area contributed by atoms with Crippen molar-refractivity contribution in [2.45, 2.75) is 70.6 Å².